The predicted octanol–water partition coefficient (Wildman–Crippen LogP) is 7.43. The van der Waals surface area contributed by atoms with Crippen molar-refractivity contribution in [1.82, 2.24) is 4.98 Å². The van der Waals surface area contributed by atoms with Crippen LogP contribution in [0.5, 0.6) is 0 Å². The number of fused-ring (bicyclic) bond motifs is 1. The number of rotatable bonds is 6. The van der Waals surface area contributed by atoms with Gasteiger partial charge in [0.1, 0.15) is 5.58 Å². The molecule has 5 heteroatoms. The maximum atomic E-state index is 12.8. The number of benzene rings is 3. The number of thiazole rings is 1. The Kier molecular flexibility index (Phi) is 5.57. The molecule has 0 radical (unpaired) electrons. The van der Waals surface area contributed by atoms with E-state index in [1.807, 2.05) is 42.5 Å². The zero-order valence-electron chi connectivity index (χ0n) is 17.7. The first-order chi connectivity index (χ1) is 15.7. The van der Waals surface area contributed by atoms with Crippen molar-refractivity contribution in [3.63, 3.8) is 0 Å². The maximum absolute atomic E-state index is 12.8. The Hall–Kier alpha value is -3.70. The Morgan fingerprint density at radius 3 is 2.34 bits per heavy atom. The summed E-state index contributed by atoms with van der Waals surface area (Å²) in [6, 6.07) is 28.1. The van der Waals surface area contributed by atoms with E-state index in [0.29, 0.717) is 10.7 Å². The second kappa shape index (κ2) is 8.81. The van der Waals surface area contributed by atoms with E-state index in [9.17, 15) is 4.79 Å². The van der Waals surface area contributed by atoms with Gasteiger partial charge < -0.3 is 4.42 Å². The number of para-hydroxylation sites is 1. The first-order valence-electron chi connectivity index (χ1n) is 10.7. The number of anilines is 1. The highest BCUT2D eigenvalue weighted by atomic mass is 32.1. The lowest BCUT2D eigenvalue weighted by molar-refractivity contribution is 0.0998. The predicted molar refractivity (Wildman–Crippen MR) is 131 cm³/mol. The number of aryl methyl sites for hydroxylation is 1. The smallest absolute Gasteiger partial charge is 0.293 e. The molecule has 0 aliphatic carbocycles. The van der Waals surface area contributed by atoms with Crippen molar-refractivity contribution in [2.24, 2.45) is 0 Å². The van der Waals surface area contributed by atoms with Crippen molar-refractivity contribution >= 4 is 33.3 Å². The molecule has 2 aromatic heterocycles. The lowest BCUT2D eigenvalue weighted by Gasteiger charge is -2.04. The molecule has 5 aromatic rings. The van der Waals surface area contributed by atoms with E-state index in [2.05, 4.69) is 48.6 Å². The fourth-order valence-electron chi connectivity index (χ4n) is 3.73. The fraction of sp³-hybridized carbons (Fsp3) is 0.111. The van der Waals surface area contributed by atoms with Gasteiger partial charge in [-0.3, -0.25) is 10.1 Å². The Bertz CT molecular complexity index is 1340. The summed E-state index contributed by atoms with van der Waals surface area (Å²) < 4.78 is 5.69. The number of carbonyl (C=O) groups is 1. The highest BCUT2D eigenvalue weighted by Crippen LogP contribution is 2.34. The van der Waals surface area contributed by atoms with Crippen LogP contribution in [0.1, 0.15) is 28.8 Å². The van der Waals surface area contributed by atoms with Crippen molar-refractivity contribution in [3.05, 3.63) is 95.6 Å². The van der Waals surface area contributed by atoms with Crippen LogP contribution in [0.4, 0.5) is 5.13 Å². The van der Waals surface area contributed by atoms with Gasteiger partial charge in [0.05, 0.1) is 5.69 Å². The summed E-state index contributed by atoms with van der Waals surface area (Å²) in [5, 5.41) is 4.41. The molecule has 1 amide bonds. The number of hydrogen-bond acceptors (Lipinski definition) is 4. The molecule has 4 nitrogen and oxygen atoms in total. The van der Waals surface area contributed by atoms with E-state index >= 15 is 0 Å². The minimum Gasteiger partial charge on any atom is -0.451 e. The third-order valence-corrected chi connectivity index (χ3v) is 6.34. The van der Waals surface area contributed by atoms with Crippen molar-refractivity contribution in [3.8, 4) is 22.4 Å². The zero-order chi connectivity index (χ0) is 21.9. The van der Waals surface area contributed by atoms with E-state index in [0.717, 1.165) is 29.5 Å². The van der Waals surface area contributed by atoms with Crippen LogP contribution in [0.3, 0.4) is 0 Å². The summed E-state index contributed by atoms with van der Waals surface area (Å²) >= 11 is 1.52. The van der Waals surface area contributed by atoms with Crippen molar-refractivity contribution in [2.75, 3.05) is 5.32 Å². The molecule has 0 saturated heterocycles. The van der Waals surface area contributed by atoms with Crippen molar-refractivity contribution < 1.29 is 9.21 Å². The highest BCUT2D eigenvalue weighted by Gasteiger charge is 2.17. The molecule has 0 atom stereocenters. The molecule has 0 saturated carbocycles. The summed E-state index contributed by atoms with van der Waals surface area (Å²) in [4.78, 5) is 18.7. The van der Waals surface area contributed by atoms with E-state index in [4.69, 9.17) is 9.40 Å². The molecular weight excluding hydrogens is 416 g/mol. The van der Waals surface area contributed by atoms with E-state index < -0.39 is 0 Å². The third kappa shape index (κ3) is 4.07. The largest absolute Gasteiger partial charge is 0.451 e. The molecule has 32 heavy (non-hydrogen) atoms. The molecule has 2 heterocycles. The molecular formula is C27H22N2O2S. The minimum atomic E-state index is -0.288. The highest BCUT2D eigenvalue weighted by molar-refractivity contribution is 7.16. The van der Waals surface area contributed by atoms with Crippen molar-refractivity contribution in [2.45, 2.75) is 19.8 Å². The number of nitrogens with one attached hydrogen (secondary N) is 1. The molecule has 0 unspecified atom stereocenters. The fourth-order valence-corrected chi connectivity index (χ4v) is 4.81. The Morgan fingerprint density at radius 2 is 1.59 bits per heavy atom. The molecule has 0 fully saturated rings. The van der Waals surface area contributed by atoms with Gasteiger partial charge in [0, 0.05) is 15.8 Å². The lowest BCUT2D eigenvalue weighted by atomic mass is 10.0. The first kappa shape index (κ1) is 20.2. The number of carbonyl (C=O) groups excluding carboxylic acids is 1. The summed E-state index contributed by atoms with van der Waals surface area (Å²) in [6.07, 6.45) is 1.92. The lowest BCUT2D eigenvalue weighted by Crippen LogP contribution is -2.10. The van der Waals surface area contributed by atoms with E-state index in [1.165, 1.54) is 27.3 Å². The van der Waals surface area contributed by atoms with Gasteiger partial charge in [0.2, 0.25) is 0 Å². The van der Waals surface area contributed by atoms with Crippen LogP contribution >= 0.6 is 11.3 Å². The average molecular weight is 439 g/mol. The molecule has 0 aliphatic rings. The van der Waals surface area contributed by atoms with Crippen LogP contribution in [0.15, 0.2) is 89.3 Å². The van der Waals surface area contributed by atoms with Crippen LogP contribution < -0.4 is 5.32 Å². The third-order valence-electron chi connectivity index (χ3n) is 5.31. The summed E-state index contributed by atoms with van der Waals surface area (Å²) in [6.45, 7) is 2.15. The summed E-state index contributed by atoms with van der Waals surface area (Å²) in [5.41, 5.74) is 5.03. The SMILES string of the molecule is CCCc1sc(NC(=O)c2cc3ccccc3o2)nc1-c1ccc(-c2ccccc2)cc1. The molecule has 0 spiro atoms. The molecule has 158 valence electrons. The van der Waals surface area contributed by atoms with Crippen LogP contribution in [-0.4, -0.2) is 10.9 Å². The van der Waals surface area contributed by atoms with Gasteiger partial charge in [0.15, 0.2) is 10.9 Å². The topological polar surface area (TPSA) is 55.1 Å². The van der Waals surface area contributed by atoms with Gasteiger partial charge in [-0.1, -0.05) is 86.1 Å². The van der Waals surface area contributed by atoms with Gasteiger partial charge >= 0.3 is 0 Å². The Balaban J connectivity index is 1.41. The summed E-state index contributed by atoms with van der Waals surface area (Å²) in [7, 11) is 0. The van der Waals surface area contributed by atoms with Gasteiger partial charge in [0.25, 0.3) is 5.91 Å². The Labute approximate surface area is 190 Å². The second-order valence-electron chi connectivity index (χ2n) is 7.59. The second-order valence-corrected chi connectivity index (χ2v) is 8.67. The van der Waals surface area contributed by atoms with E-state index in [-0.39, 0.29) is 11.7 Å². The van der Waals surface area contributed by atoms with Gasteiger partial charge in [-0.25, -0.2) is 4.98 Å². The number of aromatic nitrogens is 1. The standard InChI is InChI=1S/C27H22N2O2S/c1-2-8-24-25(20-15-13-19(14-16-20)18-9-4-3-5-10-18)28-27(32-24)29-26(30)23-17-21-11-6-7-12-22(21)31-23/h3-7,9-17H,2,8H2,1H3,(H,28,29,30). The van der Waals surface area contributed by atoms with Crippen molar-refractivity contribution in [1.29, 1.82) is 0 Å². The molecule has 3 aromatic carbocycles. The van der Waals surface area contributed by atoms with Gasteiger partial charge in [-0.2, -0.15) is 0 Å². The van der Waals surface area contributed by atoms with Crippen LogP contribution in [-0.2, 0) is 6.42 Å². The summed E-state index contributed by atoms with van der Waals surface area (Å²) in [5.74, 6) is -0.00354. The molecule has 0 aliphatic heterocycles. The van der Waals surface area contributed by atoms with Crippen LogP contribution in [0.25, 0.3) is 33.4 Å². The quantitative estimate of drug-likeness (QED) is 0.300. The van der Waals surface area contributed by atoms with Crippen LogP contribution in [0, 0.1) is 0 Å². The molecule has 1 N–H and O–H groups in total. The van der Waals surface area contributed by atoms with Crippen LogP contribution in [0.2, 0.25) is 0 Å². The normalized spacial score (nSPS) is 11.0. The van der Waals surface area contributed by atoms with Gasteiger partial charge in [-0.15, -0.1) is 11.3 Å². The number of hydrogen-bond donors (Lipinski definition) is 1. The van der Waals surface area contributed by atoms with E-state index in [1.54, 1.807) is 6.07 Å². The van der Waals surface area contributed by atoms with Gasteiger partial charge in [-0.05, 0) is 29.7 Å². The molecule has 5 rings (SSSR count). The zero-order valence-corrected chi connectivity index (χ0v) is 18.5. The first-order valence-corrected chi connectivity index (χ1v) is 11.5. The number of amides is 1. The Morgan fingerprint density at radius 1 is 0.906 bits per heavy atom. The monoisotopic (exact) mass is 438 g/mol. The number of nitrogens with zero attached hydrogens (tertiary/aromatic N) is 1. The molecule has 0 bridgehead atoms. The maximum Gasteiger partial charge on any atom is 0.293 e. The average Bonchev–Trinajstić information content (AvgIpc) is 3.44. The number of furan rings is 1. The minimum absolute atomic E-state index is 0.284.